The smallest absolute Gasteiger partial charge is 0.222 e. The predicted octanol–water partition coefficient (Wildman–Crippen LogP) is 3.25. The summed E-state index contributed by atoms with van der Waals surface area (Å²) in [7, 11) is 1.66. The van der Waals surface area contributed by atoms with Crippen molar-refractivity contribution in [3.8, 4) is 5.75 Å². The fourth-order valence-electron chi connectivity index (χ4n) is 2.50. The molecule has 1 aliphatic rings. The van der Waals surface area contributed by atoms with Gasteiger partial charge in [0, 0.05) is 11.1 Å². The van der Waals surface area contributed by atoms with Gasteiger partial charge in [0.15, 0.2) is 0 Å². The number of aryl methyl sites for hydroxylation is 1. The molecule has 20 heavy (non-hydrogen) atoms. The van der Waals surface area contributed by atoms with E-state index in [1.54, 1.807) is 7.11 Å². The minimum atomic E-state index is -0.792. The van der Waals surface area contributed by atoms with Gasteiger partial charge in [0.2, 0.25) is 5.79 Å². The van der Waals surface area contributed by atoms with Gasteiger partial charge in [0.1, 0.15) is 5.75 Å². The molecule has 2 aromatic carbocycles. The largest absolute Gasteiger partial charge is 0.497 e. The van der Waals surface area contributed by atoms with Gasteiger partial charge in [0.05, 0.1) is 20.3 Å². The SMILES string of the molecule is COc1ccc(C2(c3ccc(C)cc3)OCCO2)cc1. The van der Waals surface area contributed by atoms with Crippen molar-refractivity contribution in [1.29, 1.82) is 0 Å². The van der Waals surface area contributed by atoms with Gasteiger partial charge in [-0.05, 0) is 31.2 Å². The molecular weight excluding hydrogens is 252 g/mol. The molecule has 3 nitrogen and oxygen atoms in total. The maximum atomic E-state index is 5.96. The van der Waals surface area contributed by atoms with E-state index < -0.39 is 5.79 Å². The van der Waals surface area contributed by atoms with Gasteiger partial charge in [-0.25, -0.2) is 0 Å². The van der Waals surface area contributed by atoms with E-state index in [2.05, 4.69) is 31.2 Å². The topological polar surface area (TPSA) is 27.7 Å². The van der Waals surface area contributed by atoms with E-state index in [1.807, 2.05) is 24.3 Å². The van der Waals surface area contributed by atoms with Crippen LogP contribution in [0.15, 0.2) is 48.5 Å². The highest BCUT2D eigenvalue weighted by Crippen LogP contribution is 2.38. The fourth-order valence-corrected chi connectivity index (χ4v) is 2.50. The number of rotatable bonds is 3. The van der Waals surface area contributed by atoms with Gasteiger partial charge in [-0.2, -0.15) is 0 Å². The molecule has 0 radical (unpaired) electrons. The van der Waals surface area contributed by atoms with Crippen molar-refractivity contribution >= 4 is 0 Å². The number of hydrogen-bond donors (Lipinski definition) is 0. The van der Waals surface area contributed by atoms with E-state index in [0.29, 0.717) is 13.2 Å². The van der Waals surface area contributed by atoms with Crippen LogP contribution in [-0.2, 0) is 15.3 Å². The second-order valence-electron chi connectivity index (χ2n) is 4.91. The first kappa shape index (κ1) is 13.2. The summed E-state index contributed by atoms with van der Waals surface area (Å²) in [5.74, 6) is 0.0331. The lowest BCUT2D eigenvalue weighted by atomic mass is 9.96. The van der Waals surface area contributed by atoms with Gasteiger partial charge < -0.3 is 14.2 Å². The van der Waals surface area contributed by atoms with Crippen LogP contribution in [-0.4, -0.2) is 20.3 Å². The van der Waals surface area contributed by atoms with Crippen molar-refractivity contribution < 1.29 is 14.2 Å². The lowest BCUT2D eigenvalue weighted by molar-refractivity contribution is -0.129. The van der Waals surface area contributed by atoms with E-state index in [-0.39, 0.29) is 0 Å². The van der Waals surface area contributed by atoms with Crippen LogP contribution in [0.1, 0.15) is 16.7 Å². The molecule has 0 spiro atoms. The minimum Gasteiger partial charge on any atom is -0.497 e. The standard InChI is InChI=1S/C17H18O3/c1-13-3-5-14(6-4-13)17(19-11-12-20-17)15-7-9-16(18-2)10-8-15/h3-10H,11-12H2,1-2H3. The fraction of sp³-hybridized carbons (Fsp3) is 0.294. The molecule has 3 heteroatoms. The molecule has 2 aromatic rings. The highest BCUT2D eigenvalue weighted by Gasteiger charge is 2.40. The van der Waals surface area contributed by atoms with Gasteiger partial charge in [-0.3, -0.25) is 0 Å². The summed E-state index contributed by atoms with van der Waals surface area (Å²) in [5.41, 5.74) is 3.22. The van der Waals surface area contributed by atoms with E-state index in [0.717, 1.165) is 16.9 Å². The normalized spacial score (nSPS) is 17.1. The van der Waals surface area contributed by atoms with E-state index in [4.69, 9.17) is 14.2 Å². The molecule has 1 saturated heterocycles. The molecule has 0 saturated carbocycles. The first-order valence-corrected chi connectivity index (χ1v) is 6.74. The molecule has 1 fully saturated rings. The number of methoxy groups -OCH3 is 1. The molecule has 1 aliphatic heterocycles. The van der Waals surface area contributed by atoms with Crippen molar-refractivity contribution in [2.45, 2.75) is 12.7 Å². The molecule has 104 valence electrons. The van der Waals surface area contributed by atoms with Crippen molar-refractivity contribution in [2.24, 2.45) is 0 Å². The summed E-state index contributed by atoms with van der Waals surface area (Å²) in [6.07, 6.45) is 0. The average Bonchev–Trinajstić information content (AvgIpc) is 2.99. The lowest BCUT2D eigenvalue weighted by Crippen LogP contribution is -2.28. The van der Waals surface area contributed by atoms with Gasteiger partial charge >= 0.3 is 0 Å². The predicted molar refractivity (Wildman–Crippen MR) is 76.9 cm³/mol. The summed E-state index contributed by atoms with van der Waals surface area (Å²) in [4.78, 5) is 0. The van der Waals surface area contributed by atoms with Crippen LogP contribution in [0.4, 0.5) is 0 Å². The Kier molecular flexibility index (Phi) is 3.47. The molecule has 0 aromatic heterocycles. The van der Waals surface area contributed by atoms with Crippen LogP contribution in [0.2, 0.25) is 0 Å². The minimum absolute atomic E-state index is 0.597. The second-order valence-corrected chi connectivity index (χ2v) is 4.91. The molecule has 0 bridgehead atoms. The van der Waals surface area contributed by atoms with Gasteiger partial charge in [0.25, 0.3) is 0 Å². The van der Waals surface area contributed by atoms with Crippen LogP contribution in [0.5, 0.6) is 5.75 Å². The zero-order valence-electron chi connectivity index (χ0n) is 11.8. The Morgan fingerprint density at radius 2 is 1.35 bits per heavy atom. The van der Waals surface area contributed by atoms with Gasteiger partial charge in [-0.15, -0.1) is 0 Å². The van der Waals surface area contributed by atoms with E-state index >= 15 is 0 Å². The molecule has 0 amide bonds. The van der Waals surface area contributed by atoms with E-state index in [9.17, 15) is 0 Å². The third kappa shape index (κ3) is 2.19. The average molecular weight is 270 g/mol. The summed E-state index contributed by atoms with van der Waals surface area (Å²) >= 11 is 0. The monoisotopic (exact) mass is 270 g/mol. The molecule has 3 rings (SSSR count). The van der Waals surface area contributed by atoms with Crippen molar-refractivity contribution in [2.75, 3.05) is 20.3 Å². The second kappa shape index (κ2) is 5.27. The maximum Gasteiger partial charge on any atom is 0.222 e. The summed E-state index contributed by atoms with van der Waals surface area (Å²) in [5, 5.41) is 0. The quantitative estimate of drug-likeness (QED) is 0.857. The Morgan fingerprint density at radius 1 is 0.850 bits per heavy atom. The van der Waals surface area contributed by atoms with Crippen molar-refractivity contribution in [3.05, 3.63) is 65.2 Å². The molecule has 0 atom stereocenters. The number of benzene rings is 2. The van der Waals surface area contributed by atoms with E-state index in [1.165, 1.54) is 5.56 Å². The molecule has 0 aliphatic carbocycles. The molecular formula is C17H18O3. The van der Waals surface area contributed by atoms with Crippen LogP contribution < -0.4 is 4.74 Å². The maximum absolute atomic E-state index is 5.96. The van der Waals surface area contributed by atoms with Crippen LogP contribution >= 0.6 is 0 Å². The molecule has 1 heterocycles. The summed E-state index contributed by atoms with van der Waals surface area (Å²) in [6, 6.07) is 16.1. The summed E-state index contributed by atoms with van der Waals surface area (Å²) in [6.45, 7) is 3.26. The molecule has 0 N–H and O–H groups in total. The van der Waals surface area contributed by atoms with Crippen molar-refractivity contribution in [1.82, 2.24) is 0 Å². The van der Waals surface area contributed by atoms with Crippen LogP contribution in [0.25, 0.3) is 0 Å². The number of hydrogen-bond acceptors (Lipinski definition) is 3. The zero-order chi connectivity index (χ0) is 14.0. The third-order valence-corrected chi connectivity index (χ3v) is 3.60. The Morgan fingerprint density at radius 3 is 1.85 bits per heavy atom. The van der Waals surface area contributed by atoms with Crippen molar-refractivity contribution in [3.63, 3.8) is 0 Å². The first-order valence-electron chi connectivity index (χ1n) is 6.74. The highest BCUT2D eigenvalue weighted by molar-refractivity contribution is 5.38. The van der Waals surface area contributed by atoms with Crippen LogP contribution in [0.3, 0.4) is 0 Å². The molecule has 0 unspecified atom stereocenters. The van der Waals surface area contributed by atoms with Gasteiger partial charge in [-0.1, -0.05) is 29.8 Å². The lowest BCUT2D eigenvalue weighted by Gasteiger charge is -2.28. The Hall–Kier alpha value is -1.84. The Balaban J connectivity index is 2.04. The highest BCUT2D eigenvalue weighted by atomic mass is 16.7. The van der Waals surface area contributed by atoms with Crippen LogP contribution in [0, 0.1) is 6.92 Å². The third-order valence-electron chi connectivity index (χ3n) is 3.60. The Bertz CT molecular complexity index is 566. The Labute approximate surface area is 119 Å². The summed E-state index contributed by atoms with van der Waals surface area (Å²) < 4.78 is 17.1. The zero-order valence-corrected chi connectivity index (χ0v) is 11.8. The number of ether oxygens (including phenoxy) is 3. The first-order chi connectivity index (χ1) is 9.74.